The average Bonchev–Trinajstić information content (AvgIpc) is 2.79. The van der Waals surface area contributed by atoms with Gasteiger partial charge in [-0.25, -0.2) is 9.97 Å². The minimum absolute atomic E-state index is 0.0954. The number of halogens is 1. The highest BCUT2D eigenvalue weighted by atomic mass is 19.1. The minimum Gasteiger partial charge on any atom is -0.345 e. The topological polar surface area (TPSA) is 83.6 Å². The highest BCUT2D eigenvalue weighted by Gasteiger charge is 2.11. The Hall–Kier alpha value is -2.31. The van der Waals surface area contributed by atoms with Crippen LogP contribution in [-0.2, 0) is 6.54 Å². The van der Waals surface area contributed by atoms with E-state index in [1.54, 1.807) is 0 Å². The molecule has 16 heavy (non-hydrogen) atoms. The van der Waals surface area contributed by atoms with E-state index in [1.165, 1.54) is 24.7 Å². The zero-order valence-electron chi connectivity index (χ0n) is 8.14. The van der Waals surface area contributed by atoms with Crippen LogP contribution < -0.4 is 5.32 Å². The molecular weight excluding hydrogens is 213 g/mol. The van der Waals surface area contributed by atoms with Gasteiger partial charge in [0, 0.05) is 6.20 Å². The van der Waals surface area contributed by atoms with Gasteiger partial charge in [-0.2, -0.15) is 9.49 Å². The predicted octanol–water partition coefficient (Wildman–Crippen LogP) is 0.269. The molecule has 0 aliphatic heterocycles. The normalized spacial score (nSPS) is 10.1. The molecule has 1 amide bonds. The van der Waals surface area contributed by atoms with Crippen molar-refractivity contribution in [3.05, 3.63) is 42.0 Å². The van der Waals surface area contributed by atoms with Crippen LogP contribution in [0.25, 0.3) is 0 Å². The summed E-state index contributed by atoms with van der Waals surface area (Å²) in [5.41, 5.74) is -0.0954. The second-order valence-electron chi connectivity index (χ2n) is 2.96. The van der Waals surface area contributed by atoms with Crippen molar-refractivity contribution in [3.8, 4) is 0 Å². The number of nitrogens with zero attached hydrogens (tertiary/aromatic N) is 3. The lowest BCUT2D eigenvalue weighted by molar-refractivity contribution is 0.0945. The third-order valence-electron chi connectivity index (χ3n) is 1.89. The third-order valence-corrected chi connectivity index (χ3v) is 1.89. The third kappa shape index (κ3) is 2.19. The summed E-state index contributed by atoms with van der Waals surface area (Å²) in [6, 6.07) is 2.85. The molecule has 0 aliphatic rings. The van der Waals surface area contributed by atoms with Crippen molar-refractivity contribution < 1.29 is 9.18 Å². The number of pyridine rings is 1. The number of aromatic amines is 1. The zero-order valence-corrected chi connectivity index (χ0v) is 8.14. The molecule has 0 bridgehead atoms. The number of hydrogen-bond acceptors (Lipinski definition) is 4. The fourth-order valence-corrected chi connectivity index (χ4v) is 1.13. The van der Waals surface area contributed by atoms with Crippen molar-refractivity contribution in [2.75, 3.05) is 0 Å². The van der Waals surface area contributed by atoms with Gasteiger partial charge in [0.05, 0.1) is 12.1 Å². The molecule has 0 saturated heterocycles. The van der Waals surface area contributed by atoms with E-state index < -0.39 is 11.9 Å². The molecule has 0 fully saturated rings. The molecule has 0 spiro atoms. The van der Waals surface area contributed by atoms with Crippen LogP contribution in [0.5, 0.6) is 0 Å². The lowest BCUT2D eigenvalue weighted by atomic mass is 10.2. The summed E-state index contributed by atoms with van der Waals surface area (Å²) in [6.45, 7) is 0.160. The molecule has 6 nitrogen and oxygen atoms in total. The maximum Gasteiger partial charge on any atom is 0.256 e. The van der Waals surface area contributed by atoms with Gasteiger partial charge in [0.15, 0.2) is 0 Å². The Labute approximate surface area is 89.9 Å². The number of amides is 1. The van der Waals surface area contributed by atoms with E-state index in [1.807, 2.05) is 0 Å². The number of rotatable bonds is 3. The summed E-state index contributed by atoms with van der Waals surface area (Å²) in [5, 5.41) is 8.68. The predicted molar refractivity (Wildman–Crippen MR) is 51.7 cm³/mol. The number of H-pyrrole nitrogens is 1. The summed E-state index contributed by atoms with van der Waals surface area (Å²) in [6.07, 6.45) is 2.61. The Bertz CT molecular complexity index is 484. The molecule has 2 rings (SSSR count). The number of nitrogens with one attached hydrogen (secondary N) is 2. The van der Waals surface area contributed by atoms with Crippen LogP contribution in [0, 0.1) is 5.95 Å². The van der Waals surface area contributed by atoms with Crippen LogP contribution in [0.15, 0.2) is 24.7 Å². The first-order valence-corrected chi connectivity index (χ1v) is 4.50. The molecule has 2 aromatic rings. The van der Waals surface area contributed by atoms with Crippen LogP contribution in [0.1, 0.15) is 16.2 Å². The summed E-state index contributed by atoms with van der Waals surface area (Å²) in [4.78, 5) is 18.7. The van der Waals surface area contributed by atoms with Gasteiger partial charge in [-0.3, -0.25) is 9.89 Å². The SMILES string of the molecule is O=C(NCc1ncn[nH]1)c1cccnc1F. The van der Waals surface area contributed by atoms with Gasteiger partial charge in [-0.1, -0.05) is 0 Å². The molecule has 2 N–H and O–H groups in total. The Morgan fingerprint density at radius 1 is 1.50 bits per heavy atom. The number of hydrogen-bond donors (Lipinski definition) is 2. The summed E-state index contributed by atoms with van der Waals surface area (Å²) < 4.78 is 13.1. The minimum atomic E-state index is -0.794. The summed E-state index contributed by atoms with van der Waals surface area (Å²) in [7, 11) is 0. The Morgan fingerprint density at radius 2 is 2.38 bits per heavy atom. The Morgan fingerprint density at radius 3 is 3.06 bits per heavy atom. The van der Waals surface area contributed by atoms with E-state index in [0.29, 0.717) is 5.82 Å². The van der Waals surface area contributed by atoms with Crippen LogP contribution in [0.2, 0.25) is 0 Å². The van der Waals surface area contributed by atoms with Crippen LogP contribution in [0.4, 0.5) is 4.39 Å². The molecule has 0 aromatic carbocycles. The number of carbonyl (C=O) groups is 1. The summed E-state index contributed by atoms with van der Waals surface area (Å²) >= 11 is 0. The quantitative estimate of drug-likeness (QED) is 0.728. The molecule has 0 unspecified atom stereocenters. The molecule has 0 saturated carbocycles. The Kier molecular flexibility index (Phi) is 2.86. The lowest BCUT2D eigenvalue weighted by Gasteiger charge is -2.02. The molecule has 7 heteroatoms. The fourth-order valence-electron chi connectivity index (χ4n) is 1.13. The first-order chi connectivity index (χ1) is 7.77. The van der Waals surface area contributed by atoms with E-state index in [-0.39, 0.29) is 12.1 Å². The van der Waals surface area contributed by atoms with E-state index in [4.69, 9.17) is 0 Å². The fraction of sp³-hybridized carbons (Fsp3) is 0.111. The van der Waals surface area contributed by atoms with E-state index in [2.05, 4.69) is 25.5 Å². The summed E-state index contributed by atoms with van der Waals surface area (Å²) in [5.74, 6) is -0.836. The largest absolute Gasteiger partial charge is 0.345 e. The number of aromatic nitrogens is 4. The second-order valence-corrected chi connectivity index (χ2v) is 2.96. The van der Waals surface area contributed by atoms with E-state index in [0.717, 1.165) is 0 Å². The number of carbonyl (C=O) groups excluding carboxylic acids is 1. The van der Waals surface area contributed by atoms with Crippen molar-refractivity contribution >= 4 is 5.91 Å². The van der Waals surface area contributed by atoms with Crippen molar-refractivity contribution in [1.29, 1.82) is 0 Å². The first kappa shape index (κ1) is 10.2. The smallest absolute Gasteiger partial charge is 0.256 e. The van der Waals surface area contributed by atoms with Crippen LogP contribution in [-0.4, -0.2) is 26.1 Å². The van der Waals surface area contributed by atoms with E-state index >= 15 is 0 Å². The highest BCUT2D eigenvalue weighted by molar-refractivity contribution is 5.93. The van der Waals surface area contributed by atoms with Gasteiger partial charge in [0.2, 0.25) is 5.95 Å². The van der Waals surface area contributed by atoms with Gasteiger partial charge in [0.1, 0.15) is 12.2 Å². The maximum atomic E-state index is 13.1. The maximum absolute atomic E-state index is 13.1. The average molecular weight is 221 g/mol. The molecular formula is C9H8FN5O. The van der Waals surface area contributed by atoms with Crippen molar-refractivity contribution in [2.24, 2.45) is 0 Å². The van der Waals surface area contributed by atoms with Crippen molar-refractivity contribution in [2.45, 2.75) is 6.54 Å². The van der Waals surface area contributed by atoms with Crippen LogP contribution in [0.3, 0.4) is 0 Å². The van der Waals surface area contributed by atoms with Crippen molar-refractivity contribution in [3.63, 3.8) is 0 Å². The first-order valence-electron chi connectivity index (χ1n) is 4.50. The second kappa shape index (κ2) is 4.47. The highest BCUT2D eigenvalue weighted by Crippen LogP contribution is 2.02. The van der Waals surface area contributed by atoms with Gasteiger partial charge < -0.3 is 5.32 Å². The lowest BCUT2D eigenvalue weighted by Crippen LogP contribution is -2.24. The molecule has 2 heterocycles. The van der Waals surface area contributed by atoms with Gasteiger partial charge in [0.25, 0.3) is 5.91 Å². The Balaban J connectivity index is 2.01. The molecule has 0 radical (unpaired) electrons. The molecule has 0 atom stereocenters. The molecule has 2 aromatic heterocycles. The zero-order chi connectivity index (χ0) is 11.4. The standard InChI is InChI=1S/C9H8FN5O/c10-8-6(2-1-3-11-8)9(16)12-4-7-13-5-14-15-7/h1-3,5H,4H2,(H,12,16)(H,13,14,15). The van der Waals surface area contributed by atoms with Gasteiger partial charge >= 0.3 is 0 Å². The monoisotopic (exact) mass is 221 g/mol. The molecule has 0 aliphatic carbocycles. The van der Waals surface area contributed by atoms with E-state index in [9.17, 15) is 9.18 Å². The van der Waals surface area contributed by atoms with Gasteiger partial charge in [-0.15, -0.1) is 0 Å². The van der Waals surface area contributed by atoms with Crippen LogP contribution >= 0.6 is 0 Å². The van der Waals surface area contributed by atoms with Crippen molar-refractivity contribution in [1.82, 2.24) is 25.5 Å². The van der Waals surface area contributed by atoms with Gasteiger partial charge in [-0.05, 0) is 12.1 Å². The molecule has 82 valence electrons.